The number of hydrogen-bond donors (Lipinski definition) is 2. The maximum Gasteiger partial charge on any atom is 0.408 e. The van der Waals surface area contributed by atoms with Crippen molar-refractivity contribution in [3.8, 4) is 0 Å². The number of nitrogens with zero attached hydrogens (tertiary/aromatic N) is 6. The summed E-state index contributed by atoms with van der Waals surface area (Å²) in [5.41, 5.74) is 0.623. The molecule has 0 bridgehead atoms. The van der Waals surface area contributed by atoms with Crippen molar-refractivity contribution < 1.29 is 24.6 Å². The Kier molecular flexibility index (Phi) is 3.45. The molecule has 3 atom stereocenters. The molecule has 1 aromatic heterocycles. The van der Waals surface area contributed by atoms with E-state index in [4.69, 9.17) is 0 Å². The summed E-state index contributed by atoms with van der Waals surface area (Å²) in [4.78, 5) is 37.8. The third-order valence-corrected chi connectivity index (χ3v) is 5.98. The number of tetrazole rings is 1. The van der Waals surface area contributed by atoms with Gasteiger partial charge in [-0.3, -0.25) is 14.6 Å². The van der Waals surface area contributed by atoms with E-state index < -0.39 is 30.1 Å². The number of aliphatic carboxylic acids is 1. The molecule has 2 fully saturated rings. The average Bonchev–Trinajstić information content (AvgIpc) is 3.11. The molecule has 3 aliphatic rings. The van der Waals surface area contributed by atoms with E-state index in [1.165, 1.54) is 21.3 Å². The monoisotopic (exact) mass is 366 g/mol. The van der Waals surface area contributed by atoms with E-state index in [1.54, 1.807) is 7.05 Å². The zero-order valence-electron chi connectivity index (χ0n) is 13.1. The highest BCUT2D eigenvalue weighted by atomic mass is 32.2. The lowest BCUT2D eigenvalue weighted by Crippen LogP contribution is -2.73. The first-order valence-electron chi connectivity index (χ1n) is 7.56. The quantitative estimate of drug-likeness (QED) is 0.519. The fraction of sp³-hybridized carbons (Fsp3) is 0.538. The van der Waals surface area contributed by atoms with Gasteiger partial charge in [0.25, 0.3) is 5.91 Å². The van der Waals surface area contributed by atoms with Crippen LogP contribution in [0.4, 0.5) is 4.79 Å². The van der Waals surface area contributed by atoms with Gasteiger partial charge < -0.3 is 10.2 Å². The van der Waals surface area contributed by atoms with E-state index in [9.17, 15) is 24.6 Å². The lowest BCUT2D eigenvalue weighted by Gasteiger charge is -2.52. The van der Waals surface area contributed by atoms with E-state index in [0.717, 1.165) is 4.90 Å². The first kappa shape index (κ1) is 15.9. The molecule has 4 heterocycles. The minimum atomic E-state index is -1.17. The Morgan fingerprint density at radius 1 is 1.36 bits per heavy atom. The van der Waals surface area contributed by atoms with Gasteiger partial charge in [-0.2, -0.15) is 0 Å². The number of carbonyl (C=O) groups is 3. The van der Waals surface area contributed by atoms with Crippen LogP contribution in [0, 0.1) is 5.92 Å². The van der Waals surface area contributed by atoms with Crippen molar-refractivity contribution in [1.29, 1.82) is 0 Å². The number of amides is 2. The fourth-order valence-electron chi connectivity index (χ4n) is 3.89. The molecule has 132 valence electrons. The maximum atomic E-state index is 12.4. The smallest absolute Gasteiger partial charge is 0.408 e. The third kappa shape index (κ3) is 2.13. The lowest BCUT2D eigenvalue weighted by atomic mass is 9.78. The molecule has 0 spiro atoms. The zero-order valence-corrected chi connectivity index (χ0v) is 13.9. The molecule has 4 rings (SSSR count). The van der Waals surface area contributed by atoms with Crippen LogP contribution in [0.3, 0.4) is 0 Å². The number of carboxylic acids is 1. The minimum Gasteiger partial charge on any atom is -0.477 e. The Hall–Kier alpha value is -2.63. The summed E-state index contributed by atoms with van der Waals surface area (Å²) in [5, 5.41) is 30.5. The summed E-state index contributed by atoms with van der Waals surface area (Å²) in [6.45, 7) is 0.216. The van der Waals surface area contributed by atoms with Gasteiger partial charge in [0.1, 0.15) is 11.7 Å². The number of aromatic nitrogens is 4. The number of likely N-dealkylation sites (tertiary alicyclic amines) is 1. The van der Waals surface area contributed by atoms with Crippen molar-refractivity contribution in [3.63, 3.8) is 0 Å². The van der Waals surface area contributed by atoms with Crippen LogP contribution in [0.15, 0.2) is 16.4 Å². The van der Waals surface area contributed by atoms with Crippen LogP contribution in [0.2, 0.25) is 0 Å². The van der Waals surface area contributed by atoms with Gasteiger partial charge in [0, 0.05) is 25.3 Å². The Bertz CT molecular complexity index is 822. The van der Waals surface area contributed by atoms with E-state index in [1.807, 2.05) is 0 Å². The number of carbonyl (C=O) groups excluding carboxylic acids is 1. The fourth-order valence-corrected chi connectivity index (χ4v) is 4.84. The van der Waals surface area contributed by atoms with Gasteiger partial charge in [0.05, 0.1) is 6.04 Å². The number of β-lactam (4-membered cyclic amide) rings is 1. The highest BCUT2D eigenvalue weighted by Crippen LogP contribution is 2.49. The predicted molar refractivity (Wildman–Crippen MR) is 81.4 cm³/mol. The second kappa shape index (κ2) is 5.44. The zero-order chi connectivity index (χ0) is 17.9. The topological polar surface area (TPSA) is 142 Å². The van der Waals surface area contributed by atoms with E-state index >= 15 is 0 Å². The van der Waals surface area contributed by atoms with E-state index in [0.29, 0.717) is 22.9 Å². The average molecular weight is 366 g/mol. The molecule has 11 nitrogen and oxygen atoms in total. The maximum absolute atomic E-state index is 12.4. The number of carboxylic acid groups (broad SMARTS) is 2. The second-order valence-corrected chi connectivity index (χ2v) is 7.01. The molecule has 1 aromatic rings. The summed E-state index contributed by atoms with van der Waals surface area (Å²) >= 11 is 1.29. The van der Waals surface area contributed by atoms with Crippen LogP contribution >= 0.6 is 11.8 Å². The molecule has 0 aromatic carbocycles. The highest BCUT2D eigenvalue weighted by Gasteiger charge is 2.64. The van der Waals surface area contributed by atoms with Crippen LogP contribution in [0.5, 0.6) is 0 Å². The summed E-state index contributed by atoms with van der Waals surface area (Å²) < 4.78 is 1.48. The van der Waals surface area contributed by atoms with Crippen molar-refractivity contribution in [2.24, 2.45) is 13.0 Å². The van der Waals surface area contributed by atoms with Crippen LogP contribution in [0.1, 0.15) is 6.42 Å². The number of thioether (sulfide) groups is 1. The van der Waals surface area contributed by atoms with Crippen LogP contribution in [0.25, 0.3) is 0 Å². The highest BCUT2D eigenvalue weighted by molar-refractivity contribution is 7.99. The number of aryl methyl sites for hydroxylation is 1. The van der Waals surface area contributed by atoms with Crippen molar-refractivity contribution in [1.82, 2.24) is 30.0 Å². The molecule has 3 aliphatic heterocycles. The Morgan fingerprint density at radius 3 is 2.72 bits per heavy atom. The molecule has 25 heavy (non-hydrogen) atoms. The number of hydrogen-bond acceptors (Lipinski definition) is 7. The Labute approximate surface area is 145 Å². The van der Waals surface area contributed by atoms with E-state index in [-0.39, 0.29) is 18.2 Å². The van der Waals surface area contributed by atoms with Crippen LogP contribution in [-0.4, -0.2) is 82.6 Å². The molecule has 2 amide bonds. The van der Waals surface area contributed by atoms with Crippen molar-refractivity contribution >= 4 is 29.7 Å². The molecule has 2 N–H and O–H groups in total. The second-order valence-electron chi connectivity index (χ2n) is 6.07. The van der Waals surface area contributed by atoms with Gasteiger partial charge in [-0.25, -0.2) is 14.3 Å². The molecular formula is C13H14N6O5S. The third-order valence-electron chi connectivity index (χ3n) is 4.92. The van der Waals surface area contributed by atoms with Crippen LogP contribution in [-0.2, 0) is 16.6 Å². The van der Waals surface area contributed by atoms with E-state index in [2.05, 4.69) is 15.5 Å². The van der Waals surface area contributed by atoms with Crippen LogP contribution < -0.4 is 0 Å². The molecule has 12 heteroatoms. The summed E-state index contributed by atoms with van der Waals surface area (Å²) in [5.74, 6) is -1.46. The van der Waals surface area contributed by atoms with Gasteiger partial charge in [-0.05, 0) is 22.4 Å². The molecule has 0 saturated carbocycles. The first-order valence-corrected chi connectivity index (χ1v) is 8.54. The van der Waals surface area contributed by atoms with Gasteiger partial charge in [-0.15, -0.1) is 5.10 Å². The molecule has 0 aliphatic carbocycles. The SMILES string of the molecule is Cn1nnnc1SCC1=C(C(=O)O)N2C(=O)[C@@H]3[C@H]2C1CCN3C(=O)O. The van der Waals surface area contributed by atoms with Gasteiger partial charge in [-0.1, -0.05) is 11.8 Å². The normalized spacial score (nSPS) is 27.4. The summed E-state index contributed by atoms with van der Waals surface area (Å²) in [7, 11) is 1.68. The summed E-state index contributed by atoms with van der Waals surface area (Å²) in [6, 6.07) is -1.21. The van der Waals surface area contributed by atoms with Crippen molar-refractivity contribution in [2.45, 2.75) is 23.7 Å². The minimum absolute atomic E-state index is 0.0221. The molecule has 0 radical (unpaired) electrons. The Balaban J connectivity index is 1.64. The standard InChI is InChI=1S/C13H14N6O5S/c1-17-12(14-15-16-17)25-4-6-5-2-3-18(13(23)24)9-7(5)19(10(9)20)8(6)11(21)22/h5,7,9H,2-4H2,1H3,(H,21,22)(H,23,24)/t5?,7-,9+/m1/s1. The lowest BCUT2D eigenvalue weighted by molar-refractivity contribution is -0.161. The van der Waals surface area contributed by atoms with Gasteiger partial charge >= 0.3 is 12.1 Å². The Morgan fingerprint density at radius 2 is 2.12 bits per heavy atom. The number of rotatable bonds is 4. The van der Waals surface area contributed by atoms with Crippen molar-refractivity contribution in [2.75, 3.05) is 12.3 Å². The number of piperidine rings is 1. The summed E-state index contributed by atoms with van der Waals surface area (Å²) in [6.07, 6.45) is -0.664. The van der Waals surface area contributed by atoms with Crippen molar-refractivity contribution in [3.05, 3.63) is 11.3 Å². The predicted octanol–water partition coefficient (Wildman–Crippen LogP) is -0.766. The first-order chi connectivity index (χ1) is 11.9. The molecular weight excluding hydrogens is 352 g/mol. The van der Waals surface area contributed by atoms with Gasteiger partial charge in [0.15, 0.2) is 0 Å². The molecule has 1 unspecified atom stereocenters. The largest absolute Gasteiger partial charge is 0.477 e. The molecule has 2 saturated heterocycles. The van der Waals surface area contributed by atoms with Gasteiger partial charge in [0.2, 0.25) is 5.16 Å².